The van der Waals surface area contributed by atoms with Crippen LogP contribution in [-0.4, -0.2) is 21.0 Å². The fourth-order valence-corrected chi connectivity index (χ4v) is 2.91. The minimum absolute atomic E-state index is 0.0147. The molecule has 2 aromatic rings. The van der Waals surface area contributed by atoms with Crippen LogP contribution in [0.25, 0.3) is 0 Å². The van der Waals surface area contributed by atoms with Crippen LogP contribution in [0.3, 0.4) is 0 Å². The topological polar surface area (TPSA) is 90.2 Å². The number of anilines is 2. The molecule has 3 rings (SSSR count). The Balaban J connectivity index is 1.88. The Hall–Kier alpha value is -2.70. The maximum atomic E-state index is 11.5. The third kappa shape index (κ3) is 3.79. The molecular weight excluding hydrogens is 308 g/mol. The summed E-state index contributed by atoms with van der Waals surface area (Å²) in [5, 5.41) is 14.5. The molecule has 0 atom stereocenters. The maximum absolute atomic E-state index is 11.5. The number of hydrogen-bond acceptors (Lipinski definition) is 6. The van der Waals surface area contributed by atoms with Gasteiger partial charge in [0, 0.05) is 5.69 Å². The van der Waals surface area contributed by atoms with E-state index in [4.69, 9.17) is 4.74 Å². The van der Waals surface area contributed by atoms with Crippen molar-refractivity contribution in [2.45, 2.75) is 45.1 Å². The molecule has 7 heteroatoms. The number of nitrogens with zero attached hydrogens (tertiary/aromatic N) is 3. The van der Waals surface area contributed by atoms with Crippen LogP contribution < -0.4 is 10.1 Å². The van der Waals surface area contributed by atoms with Crippen LogP contribution in [0.2, 0.25) is 0 Å². The van der Waals surface area contributed by atoms with E-state index >= 15 is 0 Å². The quantitative estimate of drug-likeness (QED) is 0.655. The molecule has 1 N–H and O–H groups in total. The number of hydrogen-bond donors (Lipinski definition) is 1. The van der Waals surface area contributed by atoms with Crippen LogP contribution >= 0.6 is 0 Å². The van der Waals surface area contributed by atoms with Gasteiger partial charge in [-0.25, -0.2) is 4.98 Å². The SMILES string of the molecule is Cc1cccc(Nc2ncnc(OC3CCCCC3)c2[N+](=O)[O-])c1. The molecule has 1 aromatic heterocycles. The van der Waals surface area contributed by atoms with Crippen LogP contribution in [0.5, 0.6) is 5.88 Å². The first-order valence-corrected chi connectivity index (χ1v) is 8.13. The third-order valence-electron chi connectivity index (χ3n) is 4.08. The lowest BCUT2D eigenvalue weighted by Crippen LogP contribution is -2.21. The zero-order valence-electron chi connectivity index (χ0n) is 13.6. The molecule has 0 spiro atoms. The van der Waals surface area contributed by atoms with Gasteiger partial charge in [-0.2, -0.15) is 4.98 Å². The summed E-state index contributed by atoms with van der Waals surface area (Å²) in [4.78, 5) is 19.1. The second-order valence-electron chi connectivity index (χ2n) is 6.01. The molecule has 1 aliphatic rings. The van der Waals surface area contributed by atoms with E-state index in [0.717, 1.165) is 36.9 Å². The molecule has 0 saturated heterocycles. The summed E-state index contributed by atoms with van der Waals surface area (Å²) in [5.74, 6) is 0.184. The number of benzene rings is 1. The van der Waals surface area contributed by atoms with Gasteiger partial charge in [0.15, 0.2) is 0 Å². The van der Waals surface area contributed by atoms with E-state index in [0.29, 0.717) is 0 Å². The molecule has 126 valence electrons. The van der Waals surface area contributed by atoms with Crippen molar-refractivity contribution in [3.05, 3.63) is 46.3 Å². The highest BCUT2D eigenvalue weighted by atomic mass is 16.6. The van der Waals surface area contributed by atoms with Gasteiger partial charge in [-0.1, -0.05) is 18.6 Å². The first-order valence-electron chi connectivity index (χ1n) is 8.13. The van der Waals surface area contributed by atoms with Crippen LogP contribution in [0.4, 0.5) is 17.2 Å². The molecule has 1 saturated carbocycles. The highest BCUT2D eigenvalue weighted by Crippen LogP contribution is 2.35. The van der Waals surface area contributed by atoms with Crippen molar-refractivity contribution >= 4 is 17.2 Å². The monoisotopic (exact) mass is 328 g/mol. The summed E-state index contributed by atoms with van der Waals surface area (Å²) >= 11 is 0. The molecular formula is C17H20N4O3. The van der Waals surface area contributed by atoms with E-state index in [1.54, 1.807) is 0 Å². The molecule has 0 unspecified atom stereocenters. The number of aryl methyl sites for hydroxylation is 1. The Bertz CT molecular complexity index is 730. The van der Waals surface area contributed by atoms with Gasteiger partial charge in [-0.05, 0) is 50.3 Å². The number of ether oxygens (including phenoxy) is 1. The van der Waals surface area contributed by atoms with E-state index in [9.17, 15) is 10.1 Å². The first-order chi connectivity index (χ1) is 11.6. The summed E-state index contributed by atoms with van der Waals surface area (Å²) in [5.41, 5.74) is 1.57. The average Bonchev–Trinajstić information content (AvgIpc) is 2.56. The van der Waals surface area contributed by atoms with E-state index in [2.05, 4.69) is 15.3 Å². The fourth-order valence-electron chi connectivity index (χ4n) is 2.91. The van der Waals surface area contributed by atoms with Crippen molar-refractivity contribution in [1.82, 2.24) is 9.97 Å². The van der Waals surface area contributed by atoms with Gasteiger partial charge in [0.05, 0.1) is 4.92 Å². The maximum Gasteiger partial charge on any atom is 0.373 e. The Morgan fingerprint density at radius 2 is 2.04 bits per heavy atom. The van der Waals surface area contributed by atoms with Gasteiger partial charge in [-0.15, -0.1) is 0 Å². The minimum Gasteiger partial charge on any atom is -0.469 e. The molecule has 1 aliphatic carbocycles. The zero-order valence-corrected chi connectivity index (χ0v) is 13.6. The van der Waals surface area contributed by atoms with Gasteiger partial charge < -0.3 is 10.1 Å². The fraction of sp³-hybridized carbons (Fsp3) is 0.412. The predicted octanol–water partition coefficient (Wildman–Crippen LogP) is 4.15. The molecule has 7 nitrogen and oxygen atoms in total. The summed E-state index contributed by atoms with van der Waals surface area (Å²) in [7, 11) is 0. The molecule has 1 aromatic carbocycles. The minimum atomic E-state index is -0.490. The third-order valence-corrected chi connectivity index (χ3v) is 4.08. The highest BCUT2D eigenvalue weighted by Gasteiger charge is 2.27. The zero-order chi connectivity index (χ0) is 16.9. The van der Waals surface area contributed by atoms with Crippen molar-refractivity contribution in [2.75, 3.05) is 5.32 Å². The van der Waals surface area contributed by atoms with Gasteiger partial charge in [0.25, 0.3) is 5.88 Å². The van der Waals surface area contributed by atoms with E-state index in [1.165, 1.54) is 12.7 Å². The standard InChI is InChI=1S/C17H20N4O3/c1-12-6-5-7-13(10-12)20-16-15(21(22)23)17(19-11-18-16)24-14-8-3-2-4-9-14/h5-7,10-11,14H,2-4,8-9H2,1H3,(H,18,19,20). The number of nitro groups is 1. The largest absolute Gasteiger partial charge is 0.469 e. The van der Waals surface area contributed by atoms with Crippen molar-refractivity contribution in [2.24, 2.45) is 0 Å². The summed E-state index contributed by atoms with van der Waals surface area (Å²) < 4.78 is 5.82. The van der Waals surface area contributed by atoms with Crippen molar-refractivity contribution < 1.29 is 9.66 Å². The summed E-state index contributed by atoms with van der Waals surface area (Å²) in [6.45, 7) is 1.96. The smallest absolute Gasteiger partial charge is 0.373 e. The number of rotatable bonds is 5. The molecule has 0 amide bonds. The molecule has 0 bridgehead atoms. The molecule has 0 aliphatic heterocycles. The second-order valence-corrected chi connectivity index (χ2v) is 6.01. The second kappa shape index (κ2) is 7.25. The van der Waals surface area contributed by atoms with Crippen molar-refractivity contribution in [1.29, 1.82) is 0 Å². The number of nitrogens with one attached hydrogen (secondary N) is 1. The van der Waals surface area contributed by atoms with Crippen LogP contribution in [0, 0.1) is 17.0 Å². The van der Waals surface area contributed by atoms with Gasteiger partial charge in [0.1, 0.15) is 12.4 Å². The van der Waals surface area contributed by atoms with E-state index < -0.39 is 4.92 Å². The Labute approximate surface area is 140 Å². The van der Waals surface area contributed by atoms with E-state index in [1.807, 2.05) is 31.2 Å². The van der Waals surface area contributed by atoms with E-state index in [-0.39, 0.29) is 23.5 Å². The lowest BCUT2D eigenvalue weighted by atomic mass is 9.98. The summed E-state index contributed by atoms with van der Waals surface area (Å²) in [6.07, 6.45) is 6.44. The molecule has 24 heavy (non-hydrogen) atoms. The lowest BCUT2D eigenvalue weighted by molar-refractivity contribution is -0.385. The Morgan fingerprint density at radius 1 is 1.25 bits per heavy atom. The molecule has 1 heterocycles. The van der Waals surface area contributed by atoms with Gasteiger partial charge >= 0.3 is 5.69 Å². The van der Waals surface area contributed by atoms with Crippen molar-refractivity contribution in [3.63, 3.8) is 0 Å². The van der Waals surface area contributed by atoms with Crippen molar-refractivity contribution in [3.8, 4) is 5.88 Å². The van der Waals surface area contributed by atoms with Gasteiger partial charge in [-0.3, -0.25) is 10.1 Å². The normalized spacial score (nSPS) is 15.0. The van der Waals surface area contributed by atoms with Crippen LogP contribution in [-0.2, 0) is 0 Å². The van der Waals surface area contributed by atoms with Gasteiger partial charge in [0.2, 0.25) is 5.82 Å². The number of aromatic nitrogens is 2. The Kier molecular flexibility index (Phi) is 4.88. The summed E-state index contributed by atoms with van der Waals surface area (Å²) in [6, 6.07) is 7.56. The highest BCUT2D eigenvalue weighted by molar-refractivity contribution is 5.68. The molecule has 1 fully saturated rings. The molecule has 0 radical (unpaired) electrons. The Morgan fingerprint density at radius 3 is 2.75 bits per heavy atom. The lowest BCUT2D eigenvalue weighted by Gasteiger charge is -2.22. The average molecular weight is 328 g/mol. The first kappa shape index (κ1) is 16.2. The van der Waals surface area contributed by atoms with Crippen LogP contribution in [0.15, 0.2) is 30.6 Å². The van der Waals surface area contributed by atoms with Crippen LogP contribution in [0.1, 0.15) is 37.7 Å². The predicted molar refractivity (Wildman–Crippen MR) is 90.6 cm³/mol.